The first-order valence-electron chi connectivity index (χ1n) is 10.2. The Balaban J connectivity index is 2.50. The fourth-order valence-electron chi connectivity index (χ4n) is 3.83. The van der Waals surface area contributed by atoms with Gasteiger partial charge in [-0.2, -0.15) is 0 Å². The summed E-state index contributed by atoms with van der Waals surface area (Å²) in [7, 11) is 0. The number of hydrogen-bond donors (Lipinski definition) is 0. The van der Waals surface area contributed by atoms with Crippen molar-refractivity contribution in [2.24, 2.45) is 0 Å². The van der Waals surface area contributed by atoms with Gasteiger partial charge in [-0.1, -0.05) is 91.3 Å². The van der Waals surface area contributed by atoms with Crippen molar-refractivity contribution >= 4 is 0 Å². The molecule has 0 saturated heterocycles. The van der Waals surface area contributed by atoms with Crippen LogP contribution in [0.5, 0.6) is 0 Å². The fourth-order valence-corrected chi connectivity index (χ4v) is 3.83. The van der Waals surface area contributed by atoms with Crippen molar-refractivity contribution in [3.63, 3.8) is 0 Å². The Morgan fingerprint density at radius 3 is 1.35 bits per heavy atom. The molecule has 0 fully saturated rings. The third kappa shape index (κ3) is 4.58. The van der Waals surface area contributed by atoms with E-state index in [-0.39, 0.29) is 10.8 Å². The van der Waals surface area contributed by atoms with E-state index in [9.17, 15) is 0 Å². The summed E-state index contributed by atoms with van der Waals surface area (Å²) >= 11 is 0. The minimum atomic E-state index is 0.202. The summed E-state index contributed by atoms with van der Waals surface area (Å²) in [5.41, 5.74) is 9.09. The van der Waals surface area contributed by atoms with Gasteiger partial charge in [0.25, 0.3) is 0 Å². The molecule has 0 N–H and O–H groups in total. The highest BCUT2D eigenvalue weighted by Crippen LogP contribution is 2.36. The average molecular weight is 351 g/mol. The molecular weight excluding hydrogens is 312 g/mol. The zero-order valence-corrected chi connectivity index (χ0v) is 18.5. The second-order valence-corrected chi connectivity index (χ2v) is 9.98. The van der Waals surface area contributed by atoms with E-state index in [4.69, 9.17) is 0 Å². The summed E-state index contributed by atoms with van der Waals surface area (Å²) in [4.78, 5) is 0. The largest absolute Gasteiger partial charge is 0.0653 e. The predicted octanol–water partition coefficient (Wildman–Crippen LogP) is 7.83. The standard InChI is InChI=1S/C26H38/c1-10-11-24(22-14-12-20(16-18(22)2)25(4,5)6)23-15-13-21(17-19(23)3)26(7,8)9/h12-17,24H,10-11H2,1-9H3. The van der Waals surface area contributed by atoms with Crippen LogP contribution in [0.2, 0.25) is 0 Å². The first-order valence-corrected chi connectivity index (χ1v) is 10.2. The molecule has 0 atom stereocenters. The highest BCUT2D eigenvalue weighted by Gasteiger charge is 2.22. The molecule has 0 unspecified atom stereocenters. The van der Waals surface area contributed by atoms with Crippen molar-refractivity contribution in [3.05, 3.63) is 69.8 Å². The van der Waals surface area contributed by atoms with Crippen LogP contribution in [0.3, 0.4) is 0 Å². The fraction of sp³-hybridized carbons (Fsp3) is 0.538. The van der Waals surface area contributed by atoms with Gasteiger partial charge in [-0.05, 0) is 64.5 Å². The van der Waals surface area contributed by atoms with Crippen molar-refractivity contribution in [1.29, 1.82) is 0 Å². The second kappa shape index (κ2) is 7.59. The van der Waals surface area contributed by atoms with E-state index in [1.54, 1.807) is 0 Å². The zero-order chi connectivity index (χ0) is 19.7. The van der Waals surface area contributed by atoms with Gasteiger partial charge >= 0.3 is 0 Å². The van der Waals surface area contributed by atoms with Crippen LogP contribution >= 0.6 is 0 Å². The Bertz CT molecular complexity index is 687. The summed E-state index contributed by atoms with van der Waals surface area (Å²) in [6.45, 7) is 20.6. The van der Waals surface area contributed by atoms with Crippen LogP contribution in [-0.4, -0.2) is 0 Å². The lowest BCUT2D eigenvalue weighted by Crippen LogP contribution is -2.14. The molecule has 0 heteroatoms. The van der Waals surface area contributed by atoms with Crippen molar-refractivity contribution in [3.8, 4) is 0 Å². The molecule has 0 nitrogen and oxygen atoms in total. The van der Waals surface area contributed by atoms with Crippen LogP contribution < -0.4 is 0 Å². The topological polar surface area (TPSA) is 0 Å². The molecule has 0 aliphatic rings. The summed E-state index contributed by atoms with van der Waals surface area (Å²) in [6.07, 6.45) is 2.40. The number of benzene rings is 2. The van der Waals surface area contributed by atoms with Crippen molar-refractivity contribution in [1.82, 2.24) is 0 Å². The van der Waals surface area contributed by atoms with Crippen molar-refractivity contribution < 1.29 is 0 Å². The van der Waals surface area contributed by atoms with E-state index in [1.807, 2.05) is 0 Å². The Morgan fingerprint density at radius 2 is 1.08 bits per heavy atom. The highest BCUT2D eigenvalue weighted by atomic mass is 14.3. The lowest BCUT2D eigenvalue weighted by Gasteiger charge is -2.26. The van der Waals surface area contributed by atoms with Crippen LogP contribution in [0.25, 0.3) is 0 Å². The third-order valence-electron chi connectivity index (χ3n) is 5.60. The van der Waals surface area contributed by atoms with Gasteiger partial charge in [0.05, 0.1) is 0 Å². The van der Waals surface area contributed by atoms with Gasteiger partial charge in [0.1, 0.15) is 0 Å². The molecule has 0 radical (unpaired) electrons. The summed E-state index contributed by atoms with van der Waals surface area (Å²) in [6, 6.07) is 14.2. The van der Waals surface area contributed by atoms with Crippen molar-refractivity contribution in [2.45, 2.75) is 91.9 Å². The smallest absolute Gasteiger partial charge is 0.00944 e. The van der Waals surface area contributed by atoms with Crippen LogP contribution in [0.4, 0.5) is 0 Å². The van der Waals surface area contributed by atoms with Crippen molar-refractivity contribution in [2.75, 3.05) is 0 Å². The van der Waals surface area contributed by atoms with Gasteiger partial charge in [0.15, 0.2) is 0 Å². The van der Waals surface area contributed by atoms with E-state index in [1.165, 1.54) is 46.2 Å². The summed E-state index contributed by atoms with van der Waals surface area (Å²) in [5.74, 6) is 0.489. The number of rotatable bonds is 4. The molecule has 0 saturated carbocycles. The van der Waals surface area contributed by atoms with Crippen LogP contribution in [0.15, 0.2) is 36.4 Å². The highest BCUT2D eigenvalue weighted by molar-refractivity contribution is 5.45. The van der Waals surface area contributed by atoms with Crippen LogP contribution in [0, 0.1) is 13.8 Å². The maximum absolute atomic E-state index is 2.40. The molecule has 0 spiro atoms. The predicted molar refractivity (Wildman–Crippen MR) is 117 cm³/mol. The van der Waals surface area contributed by atoms with Crippen LogP contribution in [0.1, 0.15) is 101 Å². The summed E-state index contributed by atoms with van der Waals surface area (Å²) in [5, 5.41) is 0. The van der Waals surface area contributed by atoms with Gasteiger partial charge in [0, 0.05) is 5.92 Å². The average Bonchev–Trinajstić information content (AvgIpc) is 2.51. The second-order valence-electron chi connectivity index (χ2n) is 9.98. The third-order valence-corrected chi connectivity index (χ3v) is 5.60. The minimum Gasteiger partial charge on any atom is -0.0653 e. The van der Waals surface area contributed by atoms with E-state index in [0.29, 0.717) is 5.92 Å². The molecule has 0 bridgehead atoms. The first-order chi connectivity index (χ1) is 11.9. The SMILES string of the molecule is CCCC(c1ccc(C(C)(C)C)cc1C)c1ccc(C(C)(C)C)cc1C. The minimum absolute atomic E-state index is 0.202. The van der Waals surface area contributed by atoms with E-state index in [2.05, 4.69) is 98.7 Å². The Kier molecular flexibility index (Phi) is 6.06. The van der Waals surface area contributed by atoms with E-state index in [0.717, 1.165) is 0 Å². The molecule has 0 aromatic heterocycles. The van der Waals surface area contributed by atoms with Gasteiger partial charge in [0.2, 0.25) is 0 Å². The lowest BCUT2D eigenvalue weighted by atomic mass is 9.78. The number of aryl methyl sites for hydroxylation is 2. The van der Waals surface area contributed by atoms with Gasteiger partial charge in [-0.3, -0.25) is 0 Å². The summed E-state index contributed by atoms with van der Waals surface area (Å²) < 4.78 is 0. The van der Waals surface area contributed by atoms with Gasteiger partial charge in [-0.25, -0.2) is 0 Å². The monoisotopic (exact) mass is 350 g/mol. The zero-order valence-electron chi connectivity index (χ0n) is 18.5. The molecular formula is C26H38. The normalized spacial score (nSPS) is 12.7. The van der Waals surface area contributed by atoms with Crippen LogP contribution in [-0.2, 0) is 10.8 Å². The molecule has 26 heavy (non-hydrogen) atoms. The Labute approximate surface area is 162 Å². The first kappa shape index (κ1) is 20.7. The lowest BCUT2D eigenvalue weighted by molar-refractivity contribution is 0.587. The Morgan fingerprint density at radius 1 is 0.692 bits per heavy atom. The molecule has 2 aromatic rings. The molecule has 2 aromatic carbocycles. The van der Waals surface area contributed by atoms with E-state index >= 15 is 0 Å². The maximum Gasteiger partial charge on any atom is 0.00944 e. The van der Waals surface area contributed by atoms with E-state index < -0.39 is 0 Å². The molecule has 0 amide bonds. The van der Waals surface area contributed by atoms with Gasteiger partial charge < -0.3 is 0 Å². The molecule has 0 aliphatic carbocycles. The molecule has 0 aliphatic heterocycles. The molecule has 142 valence electrons. The molecule has 2 rings (SSSR count). The Hall–Kier alpha value is -1.56. The molecule has 0 heterocycles. The quantitative estimate of drug-likeness (QED) is 0.527. The maximum atomic E-state index is 2.40. The van der Waals surface area contributed by atoms with Gasteiger partial charge in [-0.15, -0.1) is 0 Å². The number of hydrogen-bond acceptors (Lipinski definition) is 0.